The van der Waals surface area contributed by atoms with Gasteiger partial charge in [-0.2, -0.15) is 4.98 Å². The highest BCUT2D eigenvalue weighted by Crippen LogP contribution is 2.25. The maximum absolute atomic E-state index is 13.0. The van der Waals surface area contributed by atoms with Crippen LogP contribution in [0.2, 0.25) is 0 Å². The van der Waals surface area contributed by atoms with Crippen molar-refractivity contribution in [3.05, 3.63) is 54.0 Å². The van der Waals surface area contributed by atoms with E-state index >= 15 is 0 Å². The normalized spacial score (nSPS) is 14.2. The van der Waals surface area contributed by atoms with E-state index in [1.807, 2.05) is 48.2 Å². The van der Waals surface area contributed by atoms with Crippen molar-refractivity contribution >= 4 is 23.5 Å². The first-order valence-corrected chi connectivity index (χ1v) is 11.2. The number of carbonyl (C=O) groups excluding carboxylic acids is 1. The Balaban J connectivity index is 1.39. The van der Waals surface area contributed by atoms with Gasteiger partial charge in [0.25, 0.3) is 5.91 Å². The molecule has 0 atom stereocenters. The summed E-state index contributed by atoms with van der Waals surface area (Å²) >= 11 is 1.71. The number of rotatable bonds is 6. The minimum Gasteiger partial charge on any atom is -0.353 e. The van der Waals surface area contributed by atoms with E-state index in [1.54, 1.807) is 18.0 Å². The summed E-state index contributed by atoms with van der Waals surface area (Å²) in [5.74, 6) is 3.13. The lowest BCUT2D eigenvalue weighted by Crippen LogP contribution is -2.49. The van der Waals surface area contributed by atoms with Crippen molar-refractivity contribution < 1.29 is 9.32 Å². The molecule has 1 amide bonds. The summed E-state index contributed by atoms with van der Waals surface area (Å²) in [6, 6.07) is 11.8. The Bertz CT molecular complexity index is 997. The maximum Gasteiger partial charge on any atom is 0.255 e. The molecule has 8 heteroatoms. The molecule has 7 nitrogen and oxygen atoms in total. The van der Waals surface area contributed by atoms with Crippen LogP contribution < -0.4 is 4.90 Å². The van der Waals surface area contributed by atoms with Crippen LogP contribution in [0.5, 0.6) is 0 Å². The summed E-state index contributed by atoms with van der Waals surface area (Å²) in [5, 5.41) is 3.99. The number of amides is 1. The van der Waals surface area contributed by atoms with E-state index in [2.05, 4.69) is 26.9 Å². The second-order valence-electron chi connectivity index (χ2n) is 6.98. The number of anilines is 1. The first-order chi connectivity index (χ1) is 14.7. The molecule has 0 saturated carbocycles. The number of hydrogen-bond donors (Lipinski definition) is 0. The number of thioether (sulfide) groups is 1. The molecule has 156 valence electrons. The van der Waals surface area contributed by atoms with Crippen LogP contribution in [0.3, 0.4) is 0 Å². The van der Waals surface area contributed by atoms with Gasteiger partial charge in [0.2, 0.25) is 11.7 Å². The number of nitrogens with zero attached hydrogens (tertiary/aromatic N) is 5. The van der Waals surface area contributed by atoms with Gasteiger partial charge in [0.1, 0.15) is 5.82 Å². The molecule has 1 aliphatic heterocycles. The van der Waals surface area contributed by atoms with Crippen LogP contribution in [0.15, 0.2) is 52.0 Å². The molecule has 30 heavy (non-hydrogen) atoms. The molecule has 4 rings (SSSR count). The van der Waals surface area contributed by atoms with Crippen LogP contribution in [0.1, 0.15) is 30.1 Å². The molecular weight excluding hydrogens is 398 g/mol. The molecule has 0 spiro atoms. The SMILES string of the molecule is CCSc1ccccc1C(=O)N1CCN(c2ccc(-c3noc(CC)n3)cn2)CC1. The van der Waals surface area contributed by atoms with Crippen molar-refractivity contribution in [1.82, 2.24) is 20.0 Å². The molecule has 1 saturated heterocycles. The molecule has 3 heterocycles. The zero-order valence-corrected chi connectivity index (χ0v) is 18.1. The lowest BCUT2D eigenvalue weighted by atomic mass is 10.1. The van der Waals surface area contributed by atoms with Gasteiger partial charge in [-0.1, -0.05) is 31.1 Å². The first-order valence-electron chi connectivity index (χ1n) is 10.2. The molecule has 1 fully saturated rings. The number of hydrogen-bond acceptors (Lipinski definition) is 7. The highest BCUT2D eigenvalue weighted by atomic mass is 32.2. The Morgan fingerprint density at radius 1 is 1.10 bits per heavy atom. The fourth-order valence-electron chi connectivity index (χ4n) is 3.45. The van der Waals surface area contributed by atoms with Gasteiger partial charge < -0.3 is 14.3 Å². The fraction of sp³-hybridized carbons (Fsp3) is 0.364. The molecule has 0 unspecified atom stereocenters. The summed E-state index contributed by atoms with van der Waals surface area (Å²) < 4.78 is 5.17. The van der Waals surface area contributed by atoms with Crippen molar-refractivity contribution in [2.75, 3.05) is 36.8 Å². The van der Waals surface area contributed by atoms with E-state index in [0.717, 1.165) is 40.7 Å². The van der Waals surface area contributed by atoms with Crippen LogP contribution in [0.25, 0.3) is 11.4 Å². The number of piperazine rings is 1. The van der Waals surface area contributed by atoms with Crippen LogP contribution >= 0.6 is 11.8 Å². The summed E-state index contributed by atoms with van der Waals surface area (Å²) in [6.45, 7) is 6.94. The predicted molar refractivity (Wildman–Crippen MR) is 118 cm³/mol. The van der Waals surface area contributed by atoms with Gasteiger partial charge in [-0.25, -0.2) is 4.98 Å². The number of aromatic nitrogens is 3. The second kappa shape index (κ2) is 9.30. The largest absolute Gasteiger partial charge is 0.353 e. The highest BCUT2D eigenvalue weighted by Gasteiger charge is 2.24. The van der Waals surface area contributed by atoms with Crippen LogP contribution in [0, 0.1) is 0 Å². The zero-order valence-electron chi connectivity index (χ0n) is 17.2. The molecule has 0 N–H and O–H groups in total. The number of aryl methyl sites for hydroxylation is 1. The van der Waals surface area contributed by atoms with E-state index in [1.165, 1.54) is 0 Å². The average Bonchev–Trinajstić information content (AvgIpc) is 3.29. The van der Waals surface area contributed by atoms with E-state index < -0.39 is 0 Å². The molecule has 0 bridgehead atoms. The van der Waals surface area contributed by atoms with Crippen molar-refractivity contribution in [1.29, 1.82) is 0 Å². The van der Waals surface area contributed by atoms with Crippen LogP contribution in [0.4, 0.5) is 5.82 Å². The Morgan fingerprint density at radius 3 is 2.57 bits per heavy atom. The minimum atomic E-state index is 0.110. The Kier molecular flexibility index (Phi) is 6.32. The smallest absolute Gasteiger partial charge is 0.255 e. The third kappa shape index (κ3) is 4.33. The Labute approximate surface area is 180 Å². The summed E-state index contributed by atoms with van der Waals surface area (Å²) in [4.78, 5) is 27.1. The molecular formula is C22H25N5O2S. The van der Waals surface area contributed by atoms with Gasteiger partial charge in [-0.05, 0) is 30.0 Å². The number of carbonyl (C=O) groups is 1. The number of benzene rings is 1. The van der Waals surface area contributed by atoms with E-state index in [9.17, 15) is 4.79 Å². The van der Waals surface area contributed by atoms with E-state index in [4.69, 9.17) is 4.52 Å². The van der Waals surface area contributed by atoms with E-state index in [-0.39, 0.29) is 5.91 Å². The fourth-order valence-corrected chi connectivity index (χ4v) is 4.25. The van der Waals surface area contributed by atoms with Gasteiger partial charge in [-0.15, -0.1) is 11.8 Å². The average molecular weight is 424 g/mol. The van der Waals surface area contributed by atoms with Crippen molar-refractivity contribution in [2.24, 2.45) is 0 Å². The summed E-state index contributed by atoms with van der Waals surface area (Å²) in [5.41, 5.74) is 1.63. The Hall–Kier alpha value is -2.87. The summed E-state index contributed by atoms with van der Waals surface area (Å²) in [7, 11) is 0. The van der Waals surface area contributed by atoms with Crippen LogP contribution in [-0.4, -0.2) is 57.9 Å². The van der Waals surface area contributed by atoms with Crippen LogP contribution in [-0.2, 0) is 6.42 Å². The zero-order chi connectivity index (χ0) is 20.9. The monoisotopic (exact) mass is 423 g/mol. The van der Waals surface area contributed by atoms with Gasteiger partial charge in [0.15, 0.2) is 0 Å². The highest BCUT2D eigenvalue weighted by molar-refractivity contribution is 7.99. The minimum absolute atomic E-state index is 0.110. The standard InChI is InChI=1S/C22H25N5O2S/c1-3-20-24-21(25-29-20)16-9-10-19(23-15-16)26-11-13-27(14-12-26)22(28)17-7-5-6-8-18(17)30-4-2/h5-10,15H,3-4,11-14H2,1-2H3. The Morgan fingerprint density at radius 2 is 1.90 bits per heavy atom. The predicted octanol–water partition coefficient (Wildman–Crippen LogP) is 3.77. The molecule has 0 aliphatic carbocycles. The van der Waals surface area contributed by atoms with Crippen molar-refractivity contribution in [3.63, 3.8) is 0 Å². The van der Waals surface area contributed by atoms with Gasteiger partial charge in [0, 0.05) is 49.3 Å². The van der Waals surface area contributed by atoms with Gasteiger partial charge >= 0.3 is 0 Å². The van der Waals surface area contributed by atoms with Crippen molar-refractivity contribution in [2.45, 2.75) is 25.2 Å². The lowest BCUT2D eigenvalue weighted by Gasteiger charge is -2.35. The quantitative estimate of drug-likeness (QED) is 0.559. The van der Waals surface area contributed by atoms with E-state index in [0.29, 0.717) is 31.2 Å². The van der Waals surface area contributed by atoms with Gasteiger partial charge in [-0.3, -0.25) is 4.79 Å². The van der Waals surface area contributed by atoms with Crippen molar-refractivity contribution in [3.8, 4) is 11.4 Å². The third-order valence-corrected chi connectivity index (χ3v) is 6.04. The molecule has 1 aromatic carbocycles. The molecule has 0 radical (unpaired) electrons. The maximum atomic E-state index is 13.0. The first kappa shape index (κ1) is 20.4. The summed E-state index contributed by atoms with van der Waals surface area (Å²) in [6.07, 6.45) is 2.48. The molecule has 1 aliphatic rings. The van der Waals surface area contributed by atoms with Gasteiger partial charge in [0.05, 0.1) is 5.56 Å². The third-order valence-electron chi connectivity index (χ3n) is 5.08. The lowest BCUT2D eigenvalue weighted by molar-refractivity contribution is 0.0743. The topological polar surface area (TPSA) is 75.4 Å². The molecule has 3 aromatic rings. The number of pyridine rings is 1. The second-order valence-corrected chi connectivity index (χ2v) is 8.28. The molecule has 2 aromatic heterocycles.